The molecule has 0 aromatic carbocycles. The fraction of sp³-hybridized carbons (Fsp3) is 0.636. The number of nitrogens with one attached hydrogen (secondary N) is 1. The fourth-order valence-electron chi connectivity index (χ4n) is 2.18. The Morgan fingerprint density at radius 2 is 2.44 bits per heavy atom. The molecule has 88 valence electrons. The summed E-state index contributed by atoms with van der Waals surface area (Å²) in [5, 5.41) is 4.29. The fourth-order valence-corrected chi connectivity index (χ4v) is 2.56. The molecule has 2 heterocycles. The van der Waals surface area contributed by atoms with Crippen molar-refractivity contribution >= 4 is 17.6 Å². The van der Waals surface area contributed by atoms with Crippen molar-refractivity contribution in [2.45, 2.75) is 23.9 Å². The van der Waals surface area contributed by atoms with Gasteiger partial charge in [0.1, 0.15) is 17.2 Å². The lowest BCUT2D eigenvalue weighted by Gasteiger charge is -2.25. The number of likely N-dealkylation sites (N-methyl/N-ethyl adjacent to an activating group) is 1. The summed E-state index contributed by atoms with van der Waals surface area (Å²) in [6.07, 6.45) is 6.21. The van der Waals surface area contributed by atoms with E-state index in [9.17, 15) is 0 Å². The zero-order chi connectivity index (χ0) is 11.4. The minimum Gasteiger partial charge on any atom is -0.352 e. The van der Waals surface area contributed by atoms with Crippen molar-refractivity contribution in [3.63, 3.8) is 0 Å². The van der Waals surface area contributed by atoms with Gasteiger partial charge in [0.2, 0.25) is 0 Å². The van der Waals surface area contributed by atoms with Gasteiger partial charge in [0, 0.05) is 25.2 Å². The minimum absolute atomic E-state index is 0.578. The summed E-state index contributed by atoms with van der Waals surface area (Å²) in [6, 6.07) is 2.66. The summed E-state index contributed by atoms with van der Waals surface area (Å²) in [6.45, 7) is 2.13. The van der Waals surface area contributed by atoms with E-state index in [1.54, 1.807) is 18.1 Å². The SMILES string of the molecule is CNCC1CCCN1c1cc(SC)ncn1. The number of aromatic nitrogens is 2. The Morgan fingerprint density at radius 1 is 1.56 bits per heavy atom. The number of hydrogen-bond donors (Lipinski definition) is 1. The summed E-state index contributed by atoms with van der Waals surface area (Å²) < 4.78 is 0. The molecule has 5 heteroatoms. The van der Waals surface area contributed by atoms with Gasteiger partial charge in [0.05, 0.1) is 0 Å². The summed E-state index contributed by atoms with van der Waals surface area (Å²) in [4.78, 5) is 11.0. The Hall–Kier alpha value is -0.810. The Kier molecular flexibility index (Phi) is 4.01. The lowest BCUT2D eigenvalue weighted by atomic mass is 10.2. The van der Waals surface area contributed by atoms with Crippen LogP contribution in [0.5, 0.6) is 0 Å². The molecule has 0 radical (unpaired) electrons. The molecule has 1 aliphatic rings. The summed E-state index contributed by atoms with van der Waals surface area (Å²) in [5.74, 6) is 1.07. The van der Waals surface area contributed by atoms with Crippen LogP contribution in [0.15, 0.2) is 17.4 Å². The van der Waals surface area contributed by atoms with E-state index in [1.807, 2.05) is 13.3 Å². The van der Waals surface area contributed by atoms with Crippen molar-refractivity contribution in [2.24, 2.45) is 0 Å². The molecular weight excluding hydrogens is 220 g/mol. The van der Waals surface area contributed by atoms with E-state index < -0.39 is 0 Å². The smallest absolute Gasteiger partial charge is 0.133 e. The average molecular weight is 238 g/mol. The van der Waals surface area contributed by atoms with Gasteiger partial charge in [-0.15, -0.1) is 11.8 Å². The highest BCUT2D eigenvalue weighted by atomic mass is 32.2. The average Bonchev–Trinajstić information content (AvgIpc) is 2.78. The van der Waals surface area contributed by atoms with Gasteiger partial charge >= 0.3 is 0 Å². The van der Waals surface area contributed by atoms with E-state index in [0.717, 1.165) is 23.9 Å². The van der Waals surface area contributed by atoms with Crippen molar-refractivity contribution < 1.29 is 0 Å². The first-order valence-electron chi connectivity index (χ1n) is 5.62. The number of nitrogens with zero attached hydrogens (tertiary/aromatic N) is 3. The Morgan fingerprint density at radius 3 is 3.19 bits per heavy atom. The highest BCUT2D eigenvalue weighted by Gasteiger charge is 2.24. The van der Waals surface area contributed by atoms with Crippen LogP contribution in [0.1, 0.15) is 12.8 Å². The van der Waals surface area contributed by atoms with E-state index in [-0.39, 0.29) is 0 Å². The van der Waals surface area contributed by atoms with Gasteiger partial charge in [-0.2, -0.15) is 0 Å². The quantitative estimate of drug-likeness (QED) is 0.634. The number of thioether (sulfide) groups is 1. The lowest BCUT2D eigenvalue weighted by molar-refractivity contribution is 0.610. The van der Waals surface area contributed by atoms with Crippen molar-refractivity contribution in [1.82, 2.24) is 15.3 Å². The van der Waals surface area contributed by atoms with Crippen LogP contribution < -0.4 is 10.2 Å². The monoisotopic (exact) mass is 238 g/mol. The predicted molar refractivity (Wildman–Crippen MR) is 68.1 cm³/mol. The minimum atomic E-state index is 0.578. The number of anilines is 1. The second kappa shape index (κ2) is 5.50. The predicted octanol–water partition coefficient (Wildman–Crippen LogP) is 1.39. The maximum Gasteiger partial charge on any atom is 0.133 e. The van der Waals surface area contributed by atoms with E-state index in [1.165, 1.54) is 12.8 Å². The molecule has 4 nitrogen and oxygen atoms in total. The Balaban J connectivity index is 2.15. The summed E-state index contributed by atoms with van der Waals surface area (Å²) in [5.41, 5.74) is 0. The van der Waals surface area contributed by atoms with Crippen LogP contribution in [0.3, 0.4) is 0 Å². The maximum atomic E-state index is 4.38. The molecule has 1 saturated heterocycles. The zero-order valence-corrected chi connectivity index (χ0v) is 10.6. The third kappa shape index (κ3) is 2.47. The molecule has 0 aliphatic carbocycles. The summed E-state index contributed by atoms with van der Waals surface area (Å²) in [7, 11) is 2.00. The topological polar surface area (TPSA) is 41.0 Å². The zero-order valence-electron chi connectivity index (χ0n) is 9.81. The van der Waals surface area contributed by atoms with Gasteiger partial charge in [-0.1, -0.05) is 0 Å². The second-order valence-corrected chi connectivity index (χ2v) is 4.79. The molecule has 0 saturated carbocycles. The summed E-state index contributed by atoms with van der Waals surface area (Å²) >= 11 is 1.66. The van der Waals surface area contributed by atoms with Crippen LogP contribution in [-0.4, -0.2) is 42.4 Å². The number of hydrogen-bond acceptors (Lipinski definition) is 5. The van der Waals surface area contributed by atoms with Crippen LogP contribution in [0.4, 0.5) is 5.82 Å². The van der Waals surface area contributed by atoms with Gasteiger partial charge < -0.3 is 10.2 Å². The van der Waals surface area contributed by atoms with Gasteiger partial charge in [0.15, 0.2) is 0 Å². The van der Waals surface area contributed by atoms with E-state index in [0.29, 0.717) is 6.04 Å². The Bertz CT molecular complexity index is 345. The van der Waals surface area contributed by atoms with Crippen LogP contribution in [-0.2, 0) is 0 Å². The van der Waals surface area contributed by atoms with Crippen molar-refractivity contribution in [2.75, 3.05) is 31.3 Å². The highest BCUT2D eigenvalue weighted by Crippen LogP contribution is 2.25. The van der Waals surface area contributed by atoms with Crippen LogP contribution >= 0.6 is 11.8 Å². The molecule has 1 aromatic heterocycles. The lowest BCUT2D eigenvalue weighted by Crippen LogP contribution is -2.37. The molecule has 1 atom stereocenters. The van der Waals surface area contributed by atoms with Crippen molar-refractivity contribution in [3.8, 4) is 0 Å². The molecular formula is C11H18N4S. The molecule has 0 amide bonds. The standard InChI is InChI=1S/C11H18N4S/c1-12-7-9-4-3-5-15(9)10-6-11(16-2)14-8-13-10/h6,8-9,12H,3-5,7H2,1-2H3. The van der Waals surface area contributed by atoms with E-state index in [2.05, 4.69) is 26.3 Å². The molecule has 1 aliphatic heterocycles. The van der Waals surface area contributed by atoms with Crippen LogP contribution in [0.2, 0.25) is 0 Å². The Labute approximate surface area is 101 Å². The van der Waals surface area contributed by atoms with Crippen LogP contribution in [0, 0.1) is 0 Å². The van der Waals surface area contributed by atoms with Gasteiger partial charge in [-0.25, -0.2) is 9.97 Å². The van der Waals surface area contributed by atoms with Crippen LogP contribution in [0.25, 0.3) is 0 Å². The highest BCUT2D eigenvalue weighted by molar-refractivity contribution is 7.98. The molecule has 1 aromatic rings. The largest absolute Gasteiger partial charge is 0.352 e. The van der Waals surface area contributed by atoms with Gasteiger partial charge in [-0.05, 0) is 26.1 Å². The van der Waals surface area contributed by atoms with E-state index >= 15 is 0 Å². The van der Waals surface area contributed by atoms with Crippen molar-refractivity contribution in [1.29, 1.82) is 0 Å². The molecule has 2 rings (SSSR count). The molecule has 1 unspecified atom stereocenters. The maximum absolute atomic E-state index is 4.38. The first kappa shape index (κ1) is 11.7. The first-order chi connectivity index (χ1) is 7.85. The molecule has 0 spiro atoms. The van der Waals surface area contributed by atoms with Crippen molar-refractivity contribution in [3.05, 3.63) is 12.4 Å². The molecule has 1 fully saturated rings. The van der Waals surface area contributed by atoms with Gasteiger partial charge in [0.25, 0.3) is 0 Å². The molecule has 16 heavy (non-hydrogen) atoms. The molecule has 1 N–H and O–H groups in total. The third-order valence-electron chi connectivity index (χ3n) is 2.95. The second-order valence-electron chi connectivity index (χ2n) is 3.97. The third-order valence-corrected chi connectivity index (χ3v) is 3.59. The normalized spacial score (nSPS) is 20.4. The van der Waals surface area contributed by atoms with E-state index in [4.69, 9.17) is 0 Å². The molecule has 0 bridgehead atoms. The first-order valence-corrected chi connectivity index (χ1v) is 6.85. The van der Waals surface area contributed by atoms with Gasteiger partial charge in [-0.3, -0.25) is 0 Å². The number of rotatable bonds is 4.